The molecule has 1 saturated heterocycles. The lowest BCUT2D eigenvalue weighted by Gasteiger charge is -2.43. The van der Waals surface area contributed by atoms with Crippen LogP contribution in [-0.2, 0) is 73.2 Å². The number of likely N-dealkylation sites (tertiary alicyclic amines) is 1. The minimum absolute atomic E-state index is 0.0109. The smallest absolute Gasteiger partial charge is 0.329 e. The zero-order chi connectivity index (χ0) is 56.2. The van der Waals surface area contributed by atoms with Gasteiger partial charge in [0.1, 0.15) is 23.2 Å². The van der Waals surface area contributed by atoms with Gasteiger partial charge in [-0.2, -0.15) is 0 Å². The van der Waals surface area contributed by atoms with Crippen LogP contribution in [0.2, 0.25) is 0 Å². The Bertz CT molecular complexity index is 2090. The van der Waals surface area contributed by atoms with Crippen LogP contribution in [0.1, 0.15) is 119 Å². The van der Waals surface area contributed by atoms with E-state index in [2.05, 4.69) is 16.0 Å². The Morgan fingerprint density at radius 2 is 1.37 bits per heavy atom. The number of hydrogen-bond acceptors (Lipinski definition) is 14. The molecule has 1 aromatic rings. The number of likely N-dealkylation sites (N-methyl/N-ethyl adjacent to an activating group) is 1. The average Bonchev–Trinajstić information content (AvgIpc) is 3.99. The molecule has 0 radical (unpaired) electrons. The Morgan fingerprint density at radius 1 is 0.763 bits per heavy atom. The van der Waals surface area contributed by atoms with Crippen molar-refractivity contribution in [2.45, 2.75) is 167 Å². The molecule has 1 saturated carbocycles. The van der Waals surface area contributed by atoms with Crippen LogP contribution in [0.5, 0.6) is 0 Å². The molecule has 3 N–H and O–H groups in total. The molecule has 20 nitrogen and oxygen atoms in total. The Labute approximate surface area is 450 Å². The normalized spacial score (nSPS) is 18.7. The molecular weight excluding hydrogens is 981 g/mol. The summed E-state index contributed by atoms with van der Waals surface area (Å²) in [6, 6.07) is 6.48. The molecule has 7 atom stereocenters. The molecule has 4 rings (SSSR count). The summed E-state index contributed by atoms with van der Waals surface area (Å²) < 4.78 is 34.4. The van der Waals surface area contributed by atoms with Crippen LogP contribution in [0.15, 0.2) is 42.5 Å². The van der Waals surface area contributed by atoms with E-state index >= 15 is 0 Å². The van der Waals surface area contributed by atoms with Gasteiger partial charge in [0.25, 0.3) is 11.8 Å². The monoisotopic (exact) mass is 1070 g/mol. The number of ether oxygens (including phenoxy) is 6. The van der Waals surface area contributed by atoms with Crippen molar-refractivity contribution in [3.8, 4) is 0 Å². The third-order valence-corrected chi connectivity index (χ3v) is 14.3. The summed E-state index contributed by atoms with van der Waals surface area (Å²) in [5.74, 6) is -4.29. The quantitative estimate of drug-likeness (QED) is 0.0544. The Morgan fingerprint density at radius 3 is 1.95 bits per heavy atom. The standard InChI is InChI=1S/C56H88N6O14/c1-37(2)48(58-54(70)56(7,8)59-44(63)26-29-73-31-33-75-34-32-74-30-28-62-45(64)24-25-46(62)65)52(68)60(9)49(40-21-16-13-17-22-40)43(71-10)36-47(66)61-27-18-23-42(61)50(72-11)38(3)51(67)57-41(53(69)76-55(4,5)6)35-39-19-14-12-15-20-39/h12,14-15,19-20,24-25,37-38,40-43,48-50H,13,16-18,21-23,26-36H2,1-11H3,(H,57,67)(H,58,70)(H,59,63)/t38-,41+,42+,43-,48+,49+,50-/m1/s1. The van der Waals surface area contributed by atoms with Crippen LogP contribution in [-0.4, -0.2) is 184 Å². The summed E-state index contributed by atoms with van der Waals surface area (Å²) in [7, 11) is 4.77. The molecule has 7 amide bonds. The predicted molar refractivity (Wildman–Crippen MR) is 283 cm³/mol. The molecule has 1 aromatic carbocycles. The van der Waals surface area contributed by atoms with E-state index in [4.69, 9.17) is 28.4 Å². The van der Waals surface area contributed by atoms with Gasteiger partial charge in [0, 0.05) is 52.8 Å². The zero-order valence-corrected chi connectivity index (χ0v) is 47.0. The van der Waals surface area contributed by atoms with Crippen LogP contribution >= 0.6 is 0 Å². The van der Waals surface area contributed by atoms with Crippen molar-refractivity contribution < 1.29 is 66.8 Å². The van der Waals surface area contributed by atoms with Gasteiger partial charge in [0.2, 0.25) is 29.5 Å². The van der Waals surface area contributed by atoms with Gasteiger partial charge >= 0.3 is 5.97 Å². The van der Waals surface area contributed by atoms with Crippen molar-refractivity contribution in [2.75, 3.05) is 74.0 Å². The summed E-state index contributed by atoms with van der Waals surface area (Å²) in [6.45, 7) is 15.7. The lowest BCUT2D eigenvalue weighted by molar-refractivity contribution is -0.159. The molecule has 2 aliphatic heterocycles. The number of esters is 1. The maximum atomic E-state index is 14.7. The largest absolute Gasteiger partial charge is 0.458 e. The third-order valence-electron chi connectivity index (χ3n) is 14.3. The van der Waals surface area contributed by atoms with E-state index in [9.17, 15) is 38.4 Å². The molecule has 2 fully saturated rings. The Kier molecular flexibility index (Phi) is 25.5. The van der Waals surface area contributed by atoms with Crippen LogP contribution in [0, 0.1) is 17.8 Å². The number of benzene rings is 1. The fourth-order valence-corrected chi connectivity index (χ4v) is 10.2. The first-order valence-corrected chi connectivity index (χ1v) is 27.1. The van der Waals surface area contributed by atoms with Gasteiger partial charge in [-0.15, -0.1) is 0 Å². The summed E-state index contributed by atoms with van der Waals surface area (Å²) in [5, 5.41) is 8.63. The molecule has 426 valence electrons. The van der Waals surface area contributed by atoms with Crippen LogP contribution < -0.4 is 16.0 Å². The maximum absolute atomic E-state index is 14.7. The molecule has 0 unspecified atom stereocenters. The summed E-state index contributed by atoms with van der Waals surface area (Å²) >= 11 is 0. The second-order valence-corrected chi connectivity index (χ2v) is 22.0. The average molecular weight is 1070 g/mol. The molecule has 76 heavy (non-hydrogen) atoms. The van der Waals surface area contributed by atoms with Gasteiger partial charge in [0.15, 0.2) is 0 Å². The van der Waals surface area contributed by atoms with Gasteiger partial charge in [-0.05, 0) is 77.7 Å². The van der Waals surface area contributed by atoms with E-state index in [-0.39, 0.29) is 101 Å². The highest BCUT2D eigenvalue weighted by atomic mass is 16.6. The number of nitrogens with zero attached hydrogens (tertiary/aromatic N) is 3. The van der Waals surface area contributed by atoms with Crippen molar-refractivity contribution in [2.24, 2.45) is 17.8 Å². The first-order chi connectivity index (χ1) is 36.0. The van der Waals surface area contributed by atoms with Crippen molar-refractivity contribution >= 4 is 47.3 Å². The van der Waals surface area contributed by atoms with Crippen LogP contribution in [0.25, 0.3) is 0 Å². The number of carbonyl (C=O) groups is 8. The Hall–Kier alpha value is -5.28. The van der Waals surface area contributed by atoms with Gasteiger partial charge in [0.05, 0.1) is 82.8 Å². The molecule has 0 spiro atoms. The number of imide groups is 1. The SMILES string of the molecule is CO[C@H]([C@@H](C)C(=O)N[C@@H](Cc1ccccc1)C(=O)OC(C)(C)C)[C@@H]1CCCN1C(=O)C[C@@H](OC)[C@H](C1CCCCC1)N(C)C(=O)[C@@H](NC(=O)C(C)(C)NC(=O)CCOCCOCCOCCN1C(=O)C=CC1=O)C(C)C. The highest BCUT2D eigenvalue weighted by Crippen LogP contribution is 2.34. The molecule has 1 aliphatic carbocycles. The third kappa shape index (κ3) is 19.3. The fraction of sp³-hybridized carbons (Fsp3) is 0.714. The topological polar surface area (TPSA) is 238 Å². The predicted octanol–water partition coefficient (Wildman–Crippen LogP) is 3.91. The van der Waals surface area contributed by atoms with Gasteiger partial charge in [-0.25, -0.2) is 4.79 Å². The number of carbonyl (C=O) groups excluding carboxylic acids is 8. The maximum Gasteiger partial charge on any atom is 0.329 e. The van der Waals surface area contributed by atoms with Crippen molar-refractivity contribution in [1.29, 1.82) is 0 Å². The van der Waals surface area contributed by atoms with Crippen LogP contribution in [0.3, 0.4) is 0 Å². The first kappa shape index (κ1) is 63.3. The number of hydrogen-bond donors (Lipinski definition) is 3. The summed E-state index contributed by atoms with van der Waals surface area (Å²) in [6.07, 6.45) is 7.08. The minimum atomic E-state index is -1.39. The van der Waals surface area contributed by atoms with E-state index in [1.807, 2.05) is 44.2 Å². The molecule has 3 aliphatic rings. The van der Waals surface area contributed by atoms with Gasteiger partial charge < -0.3 is 54.2 Å². The van der Waals surface area contributed by atoms with Crippen molar-refractivity contribution in [3.05, 3.63) is 48.0 Å². The summed E-state index contributed by atoms with van der Waals surface area (Å²) in [5.41, 5.74) is -1.31. The molecule has 0 bridgehead atoms. The lowest BCUT2D eigenvalue weighted by atomic mass is 9.80. The first-order valence-electron chi connectivity index (χ1n) is 27.1. The lowest BCUT2D eigenvalue weighted by Crippen LogP contribution is -2.62. The molecule has 2 heterocycles. The second kappa shape index (κ2) is 30.6. The van der Waals surface area contributed by atoms with E-state index in [1.54, 1.807) is 65.5 Å². The van der Waals surface area contributed by atoms with Crippen molar-refractivity contribution in [3.63, 3.8) is 0 Å². The molecule has 20 heteroatoms. The zero-order valence-electron chi connectivity index (χ0n) is 47.0. The van der Waals surface area contributed by atoms with E-state index in [1.165, 1.54) is 19.3 Å². The number of nitrogens with one attached hydrogen (secondary N) is 3. The molecule has 0 aromatic heterocycles. The highest BCUT2D eigenvalue weighted by molar-refractivity contribution is 6.12. The van der Waals surface area contributed by atoms with Crippen molar-refractivity contribution in [1.82, 2.24) is 30.7 Å². The van der Waals surface area contributed by atoms with E-state index in [0.29, 0.717) is 19.4 Å². The fourth-order valence-electron chi connectivity index (χ4n) is 10.2. The minimum Gasteiger partial charge on any atom is -0.458 e. The highest BCUT2D eigenvalue weighted by Gasteiger charge is 2.45. The van der Waals surface area contributed by atoms with Gasteiger partial charge in [-0.1, -0.05) is 70.4 Å². The Balaban J connectivity index is 1.34. The molecular formula is C56H88N6O14. The number of amides is 7. The van der Waals surface area contributed by atoms with E-state index < -0.39 is 77.1 Å². The van der Waals surface area contributed by atoms with Crippen LogP contribution in [0.4, 0.5) is 0 Å². The second-order valence-electron chi connectivity index (χ2n) is 22.0. The summed E-state index contributed by atoms with van der Waals surface area (Å²) in [4.78, 5) is 112. The number of methoxy groups -OCH3 is 2. The number of rotatable bonds is 31. The van der Waals surface area contributed by atoms with E-state index in [0.717, 1.165) is 42.6 Å². The van der Waals surface area contributed by atoms with Gasteiger partial charge in [-0.3, -0.25) is 38.5 Å².